The number of thiazole rings is 1. The van der Waals surface area contributed by atoms with Crippen molar-refractivity contribution >= 4 is 11.3 Å². The topological polar surface area (TPSA) is 24.9 Å². The predicted molar refractivity (Wildman–Crippen MR) is 82.9 cm³/mol. The van der Waals surface area contributed by atoms with E-state index in [1.807, 2.05) is 11.6 Å². The van der Waals surface area contributed by atoms with E-state index in [4.69, 9.17) is 0 Å². The van der Waals surface area contributed by atoms with Gasteiger partial charge in [-0.25, -0.2) is 4.98 Å². The number of hydrogen-bond acceptors (Lipinski definition) is 3. The maximum Gasteiger partial charge on any atom is 0.114 e. The van der Waals surface area contributed by atoms with E-state index in [1.165, 1.54) is 22.3 Å². The van der Waals surface area contributed by atoms with Crippen LogP contribution in [-0.4, -0.2) is 11.0 Å². The van der Waals surface area contributed by atoms with E-state index in [0.717, 1.165) is 5.01 Å². The van der Waals surface area contributed by atoms with Gasteiger partial charge in [0.05, 0.1) is 6.04 Å². The summed E-state index contributed by atoms with van der Waals surface area (Å²) in [5, 5.41) is 6.83. The fraction of sp³-hybridized carbons (Fsp3) is 0.438. The van der Waals surface area contributed by atoms with Crippen LogP contribution < -0.4 is 5.32 Å². The average Bonchev–Trinajstić information content (AvgIpc) is 2.78. The molecule has 2 rings (SSSR count). The van der Waals surface area contributed by atoms with Crippen molar-refractivity contribution in [1.29, 1.82) is 0 Å². The van der Waals surface area contributed by atoms with Crippen molar-refractivity contribution in [2.75, 3.05) is 0 Å². The molecule has 2 aromatic rings. The van der Waals surface area contributed by atoms with Crippen LogP contribution in [0.15, 0.2) is 23.7 Å². The zero-order chi connectivity index (χ0) is 14.0. The summed E-state index contributed by atoms with van der Waals surface area (Å²) in [7, 11) is 0. The highest BCUT2D eigenvalue weighted by Gasteiger charge is 2.21. The molecule has 0 aliphatic carbocycles. The van der Waals surface area contributed by atoms with E-state index < -0.39 is 0 Å². The van der Waals surface area contributed by atoms with Crippen molar-refractivity contribution < 1.29 is 0 Å². The second kappa shape index (κ2) is 5.85. The SMILES string of the molecule is Cc1cc(C)c(C(NC(C)C)c2nccs2)c(C)c1. The van der Waals surface area contributed by atoms with Crippen LogP contribution >= 0.6 is 11.3 Å². The lowest BCUT2D eigenvalue weighted by Crippen LogP contribution is -2.30. The molecule has 0 radical (unpaired) electrons. The molecule has 1 aromatic carbocycles. The van der Waals surface area contributed by atoms with E-state index in [-0.39, 0.29) is 6.04 Å². The minimum absolute atomic E-state index is 0.195. The fourth-order valence-corrected chi connectivity index (χ4v) is 3.34. The highest BCUT2D eigenvalue weighted by molar-refractivity contribution is 7.09. The zero-order valence-corrected chi connectivity index (χ0v) is 13.1. The third-order valence-electron chi connectivity index (χ3n) is 3.23. The molecule has 3 heteroatoms. The second-order valence-electron chi connectivity index (χ2n) is 5.44. The van der Waals surface area contributed by atoms with Crippen LogP contribution in [0.1, 0.15) is 47.2 Å². The molecule has 1 N–H and O–H groups in total. The van der Waals surface area contributed by atoms with Crippen LogP contribution in [0, 0.1) is 20.8 Å². The van der Waals surface area contributed by atoms with E-state index >= 15 is 0 Å². The molecule has 1 aromatic heterocycles. The fourth-order valence-electron chi connectivity index (χ4n) is 2.63. The highest BCUT2D eigenvalue weighted by Crippen LogP contribution is 2.30. The first-order valence-electron chi connectivity index (χ1n) is 6.72. The predicted octanol–water partition coefficient (Wildman–Crippen LogP) is 4.16. The van der Waals surface area contributed by atoms with Gasteiger partial charge in [-0.1, -0.05) is 17.7 Å². The first-order valence-corrected chi connectivity index (χ1v) is 7.60. The Morgan fingerprint density at radius 1 is 1.11 bits per heavy atom. The Hall–Kier alpha value is -1.19. The molecule has 0 saturated carbocycles. The van der Waals surface area contributed by atoms with Gasteiger partial charge in [-0.3, -0.25) is 0 Å². The minimum atomic E-state index is 0.195. The molecule has 0 spiro atoms. The summed E-state index contributed by atoms with van der Waals surface area (Å²) in [5.41, 5.74) is 5.37. The number of nitrogens with one attached hydrogen (secondary N) is 1. The van der Waals surface area contributed by atoms with Gasteiger partial charge in [0.1, 0.15) is 5.01 Å². The molecule has 102 valence electrons. The lowest BCUT2D eigenvalue weighted by molar-refractivity contribution is 0.524. The summed E-state index contributed by atoms with van der Waals surface area (Å²) in [4.78, 5) is 4.51. The van der Waals surface area contributed by atoms with Gasteiger partial charge in [-0.15, -0.1) is 11.3 Å². The monoisotopic (exact) mass is 274 g/mol. The Labute approximate surface area is 119 Å². The van der Waals surface area contributed by atoms with Gasteiger partial charge in [0.2, 0.25) is 0 Å². The minimum Gasteiger partial charge on any atom is -0.302 e. The van der Waals surface area contributed by atoms with Crippen LogP contribution in [0.5, 0.6) is 0 Å². The number of aryl methyl sites for hydroxylation is 3. The van der Waals surface area contributed by atoms with Crippen molar-refractivity contribution in [3.05, 3.63) is 51.0 Å². The lowest BCUT2D eigenvalue weighted by atomic mass is 9.94. The number of rotatable bonds is 4. The van der Waals surface area contributed by atoms with Crippen molar-refractivity contribution in [2.45, 2.75) is 46.7 Å². The van der Waals surface area contributed by atoms with Crippen LogP contribution in [-0.2, 0) is 0 Å². The molecular weight excluding hydrogens is 252 g/mol. The summed E-state index contributed by atoms with van der Waals surface area (Å²) in [5.74, 6) is 0. The quantitative estimate of drug-likeness (QED) is 0.905. The maximum absolute atomic E-state index is 4.51. The molecular formula is C16H22N2S. The summed E-state index contributed by atoms with van der Waals surface area (Å²) in [6.45, 7) is 10.9. The number of benzene rings is 1. The Balaban J connectivity index is 2.50. The molecule has 0 aliphatic heterocycles. The molecule has 0 saturated heterocycles. The van der Waals surface area contributed by atoms with Crippen molar-refractivity contribution in [3.8, 4) is 0 Å². The summed E-state index contributed by atoms with van der Waals surface area (Å²) >= 11 is 1.72. The van der Waals surface area contributed by atoms with Gasteiger partial charge >= 0.3 is 0 Å². The van der Waals surface area contributed by atoms with Gasteiger partial charge in [-0.2, -0.15) is 0 Å². The molecule has 1 unspecified atom stereocenters. The van der Waals surface area contributed by atoms with Crippen LogP contribution in [0.2, 0.25) is 0 Å². The Kier molecular flexibility index (Phi) is 4.38. The molecule has 0 amide bonds. The first-order chi connectivity index (χ1) is 8.99. The van der Waals surface area contributed by atoms with Crippen LogP contribution in [0.25, 0.3) is 0 Å². The van der Waals surface area contributed by atoms with Crippen molar-refractivity contribution in [2.24, 2.45) is 0 Å². The molecule has 2 nitrogen and oxygen atoms in total. The lowest BCUT2D eigenvalue weighted by Gasteiger charge is -2.24. The van der Waals surface area contributed by atoms with Crippen LogP contribution in [0.4, 0.5) is 0 Å². The van der Waals surface area contributed by atoms with Crippen molar-refractivity contribution in [3.63, 3.8) is 0 Å². The third-order valence-corrected chi connectivity index (χ3v) is 4.07. The second-order valence-corrected chi connectivity index (χ2v) is 6.36. The largest absolute Gasteiger partial charge is 0.302 e. The number of hydrogen-bond donors (Lipinski definition) is 1. The summed E-state index contributed by atoms with van der Waals surface area (Å²) < 4.78 is 0. The zero-order valence-electron chi connectivity index (χ0n) is 12.3. The molecule has 0 bridgehead atoms. The molecule has 0 fully saturated rings. The van der Waals surface area contributed by atoms with E-state index in [0.29, 0.717) is 6.04 Å². The maximum atomic E-state index is 4.51. The first kappa shape index (κ1) is 14.2. The van der Waals surface area contributed by atoms with Gasteiger partial charge in [0.15, 0.2) is 0 Å². The van der Waals surface area contributed by atoms with E-state index in [2.05, 4.69) is 57.1 Å². The van der Waals surface area contributed by atoms with E-state index in [1.54, 1.807) is 11.3 Å². The Morgan fingerprint density at radius 2 is 1.74 bits per heavy atom. The van der Waals surface area contributed by atoms with Gasteiger partial charge in [0, 0.05) is 17.6 Å². The third kappa shape index (κ3) is 3.23. The standard InChI is InChI=1S/C16H22N2S/c1-10(2)18-15(16-17-6-7-19-16)14-12(4)8-11(3)9-13(14)5/h6-10,15,18H,1-5H3. The Morgan fingerprint density at radius 3 is 2.21 bits per heavy atom. The van der Waals surface area contributed by atoms with Gasteiger partial charge in [0.25, 0.3) is 0 Å². The smallest absolute Gasteiger partial charge is 0.114 e. The summed E-state index contributed by atoms with van der Waals surface area (Å²) in [6.07, 6.45) is 1.88. The van der Waals surface area contributed by atoms with Gasteiger partial charge < -0.3 is 5.32 Å². The average molecular weight is 274 g/mol. The number of aromatic nitrogens is 1. The van der Waals surface area contributed by atoms with Crippen molar-refractivity contribution in [1.82, 2.24) is 10.3 Å². The summed E-state index contributed by atoms with van der Waals surface area (Å²) in [6, 6.07) is 5.13. The van der Waals surface area contributed by atoms with Gasteiger partial charge in [-0.05, 0) is 51.3 Å². The Bertz CT molecular complexity index is 521. The molecule has 1 heterocycles. The molecule has 1 atom stereocenters. The highest BCUT2D eigenvalue weighted by atomic mass is 32.1. The molecule has 0 aliphatic rings. The molecule has 19 heavy (non-hydrogen) atoms. The van der Waals surface area contributed by atoms with Crippen LogP contribution in [0.3, 0.4) is 0 Å². The van der Waals surface area contributed by atoms with E-state index in [9.17, 15) is 0 Å². The number of nitrogens with zero attached hydrogens (tertiary/aromatic N) is 1. The normalized spacial score (nSPS) is 12.9.